The summed E-state index contributed by atoms with van der Waals surface area (Å²) >= 11 is 5.71. The van der Waals surface area contributed by atoms with Gasteiger partial charge >= 0.3 is 11.9 Å². The molecule has 53 heavy (non-hydrogen) atoms. The molecule has 0 saturated carbocycles. The standard InChI is InChI=1S/C20H27N3O3.C10H13ClN2O2.C10H15NO/c1-5-17-18(19(24)26-6-2)14(3)22-20(23-17)21-12-8-10-15-9-7-11-16(13-15)25-4;1-4-7-8(9(14)15-5-2)6(3)12-10(11)13-7;1-12-10-6-2-4-9(8-10)5-3-7-11/h7,9,11,13H,5-6,8,10,12H2,1-4H3,(H,21,22,23);4-5H2,1-3H3;2,4,6,8H,3,5,7,11H2,1H3. The molecule has 0 atom stereocenters. The molecule has 0 aliphatic rings. The fourth-order valence-electron chi connectivity index (χ4n) is 5.21. The third kappa shape index (κ3) is 15.0. The Morgan fingerprint density at radius 2 is 1.21 bits per heavy atom. The molecule has 2 aromatic heterocycles. The van der Waals surface area contributed by atoms with Gasteiger partial charge in [-0.25, -0.2) is 29.5 Å². The van der Waals surface area contributed by atoms with Crippen molar-refractivity contribution in [2.24, 2.45) is 5.73 Å². The first-order valence-corrected chi connectivity index (χ1v) is 18.4. The Morgan fingerprint density at radius 3 is 1.68 bits per heavy atom. The van der Waals surface area contributed by atoms with Gasteiger partial charge < -0.3 is 30.0 Å². The number of carbonyl (C=O) groups is 2. The molecule has 4 aromatic rings. The maximum atomic E-state index is 12.1. The molecular weight excluding hydrogens is 696 g/mol. The lowest BCUT2D eigenvalue weighted by atomic mass is 10.1. The highest BCUT2D eigenvalue weighted by atomic mass is 35.5. The summed E-state index contributed by atoms with van der Waals surface area (Å²) in [5.74, 6) is 1.61. The average Bonchev–Trinajstić information content (AvgIpc) is 3.15. The molecule has 0 unspecified atom stereocenters. The number of carbonyl (C=O) groups excluding carboxylic acids is 2. The van der Waals surface area contributed by atoms with Crippen molar-refractivity contribution in [1.82, 2.24) is 19.9 Å². The van der Waals surface area contributed by atoms with E-state index >= 15 is 0 Å². The van der Waals surface area contributed by atoms with E-state index in [9.17, 15) is 9.59 Å². The van der Waals surface area contributed by atoms with Gasteiger partial charge in [0.05, 0.1) is 50.2 Å². The van der Waals surface area contributed by atoms with Gasteiger partial charge in [-0.2, -0.15) is 0 Å². The number of nitrogens with two attached hydrogens (primary N) is 1. The van der Waals surface area contributed by atoms with Crippen LogP contribution in [0.5, 0.6) is 11.5 Å². The van der Waals surface area contributed by atoms with Gasteiger partial charge in [0, 0.05) is 6.54 Å². The molecule has 12 nitrogen and oxygen atoms in total. The highest BCUT2D eigenvalue weighted by Gasteiger charge is 2.19. The minimum Gasteiger partial charge on any atom is -0.497 e. The second-order valence-electron chi connectivity index (χ2n) is 11.6. The second-order valence-corrected chi connectivity index (χ2v) is 12.0. The molecule has 0 aliphatic carbocycles. The van der Waals surface area contributed by atoms with E-state index in [2.05, 4.69) is 43.5 Å². The van der Waals surface area contributed by atoms with E-state index in [0.717, 1.165) is 50.3 Å². The Morgan fingerprint density at radius 1 is 0.717 bits per heavy atom. The van der Waals surface area contributed by atoms with E-state index in [1.54, 1.807) is 35.0 Å². The molecule has 3 N–H and O–H groups in total. The number of halogens is 1. The van der Waals surface area contributed by atoms with Gasteiger partial charge in [-0.15, -0.1) is 0 Å². The Kier molecular flexibility index (Phi) is 20.4. The van der Waals surface area contributed by atoms with E-state index in [1.165, 1.54) is 11.1 Å². The minimum absolute atomic E-state index is 0.164. The van der Waals surface area contributed by atoms with Crippen LogP contribution < -0.4 is 20.5 Å². The van der Waals surface area contributed by atoms with E-state index in [4.69, 9.17) is 36.3 Å². The highest BCUT2D eigenvalue weighted by Crippen LogP contribution is 2.18. The van der Waals surface area contributed by atoms with E-state index in [0.29, 0.717) is 65.9 Å². The van der Waals surface area contributed by atoms with Crippen LogP contribution >= 0.6 is 11.6 Å². The molecule has 0 radical (unpaired) electrons. The Balaban J connectivity index is 0.000000304. The van der Waals surface area contributed by atoms with Crippen LogP contribution in [0.25, 0.3) is 0 Å². The van der Waals surface area contributed by atoms with Crippen LogP contribution in [0.2, 0.25) is 5.28 Å². The fraction of sp³-hybridized carbons (Fsp3) is 0.450. The molecule has 0 amide bonds. The number of ether oxygens (including phenoxy) is 4. The molecular formula is C40H55ClN6O6. The predicted molar refractivity (Wildman–Crippen MR) is 209 cm³/mol. The molecule has 0 aliphatic heterocycles. The van der Waals surface area contributed by atoms with Gasteiger partial charge in [-0.1, -0.05) is 38.1 Å². The molecule has 288 valence electrons. The summed E-state index contributed by atoms with van der Waals surface area (Å²) in [6.07, 6.45) is 5.22. The van der Waals surface area contributed by atoms with Crippen molar-refractivity contribution in [3.63, 3.8) is 0 Å². The number of esters is 2. The van der Waals surface area contributed by atoms with Crippen LogP contribution in [0.4, 0.5) is 5.95 Å². The minimum atomic E-state index is -0.386. The zero-order valence-corrected chi connectivity index (χ0v) is 33.1. The zero-order valence-electron chi connectivity index (χ0n) is 32.4. The second kappa shape index (κ2) is 24.4. The normalized spacial score (nSPS) is 10.2. The van der Waals surface area contributed by atoms with Crippen LogP contribution in [0.3, 0.4) is 0 Å². The van der Waals surface area contributed by atoms with Gasteiger partial charge in [0.1, 0.15) is 22.6 Å². The number of nitrogens with one attached hydrogen (secondary N) is 1. The number of benzene rings is 2. The Bertz CT molecular complexity index is 1740. The van der Waals surface area contributed by atoms with Crippen molar-refractivity contribution >= 4 is 29.5 Å². The first kappa shape index (κ1) is 44.4. The van der Waals surface area contributed by atoms with Crippen molar-refractivity contribution < 1.29 is 28.5 Å². The van der Waals surface area contributed by atoms with E-state index < -0.39 is 0 Å². The quantitative estimate of drug-likeness (QED) is 0.0667. The Labute approximate surface area is 319 Å². The van der Waals surface area contributed by atoms with Gasteiger partial charge in [0.2, 0.25) is 11.2 Å². The van der Waals surface area contributed by atoms with Crippen LogP contribution in [-0.4, -0.2) is 72.4 Å². The number of rotatable bonds is 16. The van der Waals surface area contributed by atoms with Gasteiger partial charge in [0.15, 0.2) is 0 Å². The third-order valence-corrected chi connectivity index (χ3v) is 7.96. The first-order valence-electron chi connectivity index (χ1n) is 18.0. The van der Waals surface area contributed by atoms with Crippen LogP contribution in [0.15, 0.2) is 48.5 Å². The molecule has 0 saturated heterocycles. The van der Waals surface area contributed by atoms with Crippen molar-refractivity contribution in [1.29, 1.82) is 0 Å². The third-order valence-electron chi connectivity index (χ3n) is 7.79. The van der Waals surface area contributed by atoms with Gasteiger partial charge in [-0.05, 0) is 120 Å². The average molecular weight is 751 g/mol. The van der Waals surface area contributed by atoms with Crippen LogP contribution in [0, 0.1) is 13.8 Å². The summed E-state index contributed by atoms with van der Waals surface area (Å²) in [4.78, 5) is 40.6. The molecule has 0 spiro atoms. The maximum Gasteiger partial charge on any atom is 0.341 e. The number of hydrogen-bond donors (Lipinski definition) is 2. The van der Waals surface area contributed by atoms with Gasteiger partial charge in [0.25, 0.3) is 0 Å². The monoisotopic (exact) mass is 750 g/mol. The molecule has 0 bridgehead atoms. The Hall–Kier alpha value is -4.81. The molecule has 0 fully saturated rings. The number of anilines is 1. The number of nitrogens with zero attached hydrogens (tertiary/aromatic N) is 4. The van der Waals surface area contributed by atoms with Gasteiger partial charge in [-0.3, -0.25) is 0 Å². The number of hydrogen-bond acceptors (Lipinski definition) is 12. The summed E-state index contributed by atoms with van der Waals surface area (Å²) in [5.41, 5.74) is 11.4. The summed E-state index contributed by atoms with van der Waals surface area (Å²) < 4.78 is 20.4. The highest BCUT2D eigenvalue weighted by molar-refractivity contribution is 6.28. The predicted octanol–water partition coefficient (Wildman–Crippen LogP) is 7.34. The molecule has 2 heterocycles. The van der Waals surface area contributed by atoms with Crippen LogP contribution in [-0.2, 0) is 35.2 Å². The lowest BCUT2D eigenvalue weighted by molar-refractivity contribution is 0.0513. The van der Waals surface area contributed by atoms with Crippen molar-refractivity contribution in [2.75, 3.05) is 45.8 Å². The topological polar surface area (TPSA) is 161 Å². The van der Waals surface area contributed by atoms with E-state index in [1.807, 2.05) is 51.1 Å². The summed E-state index contributed by atoms with van der Waals surface area (Å²) in [7, 11) is 3.35. The summed E-state index contributed by atoms with van der Waals surface area (Å²) in [6, 6.07) is 16.2. The zero-order chi connectivity index (χ0) is 39.2. The lowest BCUT2D eigenvalue weighted by Gasteiger charge is -2.12. The molecule has 2 aromatic carbocycles. The smallest absolute Gasteiger partial charge is 0.341 e. The first-order chi connectivity index (χ1) is 25.5. The number of methoxy groups -OCH3 is 2. The maximum absolute atomic E-state index is 12.1. The SMILES string of the molecule is CCOC(=O)c1c(C)nc(Cl)nc1CC.CCOC(=O)c1c(C)nc(NCCCc2cccc(OC)c2)nc1CC.COc1cccc(CCCN)c1. The van der Waals surface area contributed by atoms with Crippen LogP contribution in [0.1, 0.15) is 95.2 Å². The molecule has 13 heteroatoms. The molecule has 4 rings (SSSR count). The van der Waals surface area contributed by atoms with Crippen molar-refractivity contribution in [2.45, 2.75) is 80.1 Å². The van der Waals surface area contributed by atoms with Crippen molar-refractivity contribution in [3.05, 3.63) is 98.8 Å². The summed E-state index contributed by atoms with van der Waals surface area (Å²) in [5, 5.41) is 3.42. The lowest BCUT2D eigenvalue weighted by Crippen LogP contribution is -2.16. The summed E-state index contributed by atoms with van der Waals surface area (Å²) in [6.45, 7) is 13.1. The van der Waals surface area contributed by atoms with E-state index in [-0.39, 0.29) is 17.2 Å². The largest absolute Gasteiger partial charge is 0.497 e. The number of aromatic nitrogens is 4. The number of aryl methyl sites for hydroxylation is 6. The fourth-order valence-corrected chi connectivity index (χ4v) is 5.44. The van der Waals surface area contributed by atoms with Crippen molar-refractivity contribution in [3.8, 4) is 11.5 Å².